The molecule has 0 aromatic carbocycles. The Morgan fingerprint density at radius 2 is 2.17 bits per heavy atom. The molecule has 1 heterocycles. The number of carboxylic acids is 1. The van der Waals surface area contributed by atoms with Gasteiger partial charge >= 0.3 is 5.97 Å². The van der Waals surface area contributed by atoms with Crippen molar-refractivity contribution in [3.8, 4) is 0 Å². The van der Waals surface area contributed by atoms with Gasteiger partial charge in [-0.15, -0.1) is 0 Å². The lowest BCUT2D eigenvalue weighted by molar-refractivity contribution is 0.0696. The summed E-state index contributed by atoms with van der Waals surface area (Å²) in [5, 5.41) is 12.1. The number of nitrogens with one attached hydrogen (secondary N) is 1. The normalized spacial score (nSPS) is 12.1. The zero-order valence-electron chi connectivity index (χ0n) is 11.5. The van der Waals surface area contributed by atoms with E-state index in [9.17, 15) is 4.79 Å². The molecule has 1 aromatic rings. The van der Waals surface area contributed by atoms with Gasteiger partial charge in [-0.25, -0.2) is 4.79 Å². The van der Waals surface area contributed by atoms with Gasteiger partial charge in [0.25, 0.3) is 0 Å². The van der Waals surface area contributed by atoms with Gasteiger partial charge in [-0.05, 0) is 25.6 Å². The molecule has 0 aliphatic carbocycles. The van der Waals surface area contributed by atoms with Gasteiger partial charge in [0.15, 0.2) is 0 Å². The molecule has 0 unspecified atom stereocenters. The minimum Gasteiger partial charge on any atom is -0.478 e. The fourth-order valence-corrected chi connectivity index (χ4v) is 2.02. The third kappa shape index (κ3) is 4.89. The molecule has 5 heteroatoms. The smallest absolute Gasteiger partial charge is 0.338 e. The van der Waals surface area contributed by atoms with E-state index in [-0.39, 0.29) is 11.0 Å². The number of rotatable bonds is 7. The van der Waals surface area contributed by atoms with Crippen LogP contribution in [0.25, 0.3) is 0 Å². The maximum Gasteiger partial charge on any atom is 0.338 e. The highest BCUT2D eigenvalue weighted by molar-refractivity contribution is 5.87. The third-order valence-corrected chi connectivity index (χ3v) is 2.55. The van der Waals surface area contributed by atoms with Crippen LogP contribution in [0.15, 0.2) is 16.7 Å². The lowest BCUT2D eigenvalue weighted by atomic mass is 9.93. The van der Waals surface area contributed by atoms with Gasteiger partial charge in [-0.1, -0.05) is 13.8 Å². The molecule has 0 amide bonds. The van der Waals surface area contributed by atoms with E-state index in [1.807, 2.05) is 14.1 Å². The second-order valence-corrected chi connectivity index (χ2v) is 5.61. The average Bonchev–Trinajstić information content (AvgIpc) is 2.63. The lowest BCUT2D eigenvalue weighted by Crippen LogP contribution is -2.37. The minimum atomic E-state index is -0.960. The quantitative estimate of drug-likeness (QED) is 0.774. The summed E-state index contributed by atoms with van der Waals surface area (Å²) in [6.07, 6.45) is 1.27. The highest BCUT2D eigenvalue weighted by Gasteiger charge is 2.18. The van der Waals surface area contributed by atoms with Crippen molar-refractivity contribution in [3.63, 3.8) is 0 Å². The topological polar surface area (TPSA) is 65.7 Å². The lowest BCUT2D eigenvalue weighted by Gasteiger charge is -2.28. The molecule has 0 atom stereocenters. The molecule has 1 rings (SSSR count). The fourth-order valence-electron chi connectivity index (χ4n) is 2.02. The number of carboxylic acid groups (broad SMARTS) is 1. The summed E-state index contributed by atoms with van der Waals surface area (Å²) in [7, 11) is 4.10. The third-order valence-electron chi connectivity index (χ3n) is 2.55. The molecular formula is C13H22N2O3. The Morgan fingerprint density at radius 1 is 1.50 bits per heavy atom. The van der Waals surface area contributed by atoms with Crippen molar-refractivity contribution < 1.29 is 14.3 Å². The van der Waals surface area contributed by atoms with Crippen molar-refractivity contribution >= 4 is 5.97 Å². The fraction of sp³-hybridized carbons (Fsp3) is 0.615. The Balaban J connectivity index is 2.39. The van der Waals surface area contributed by atoms with Crippen LogP contribution in [0.1, 0.15) is 30.0 Å². The highest BCUT2D eigenvalue weighted by Crippen LogP contribution is 2.15. The number of hydrogen-bond acceptors (Lipinski definition) is 4. The van der Waals surface area contributed by atoms with Crippen molar-refractivity contribution in [2.45, 2.75) is 20.4 Å². The van der Waals surface area contributed by atoms with Crippen LogP contribution in [0.4, 0.5) is 0 Å². The SMILES string of the molecule is CN(C)CC(C)(C)CNCc1cc(C(=O)O)co1. The van der Waals surface area contributed by atoms with Gasteiger partial charge in [0.1, 0.15) is 12.0 Å². The number of nitrogens with zero attached hydrogens (tertiary/aromatic N) is 1. The molecule has 1 aromatic heterocycles. The van der Waals surface area contributed by atoms with E-state index in [1.165, 1.54) is 6.26 Å². The van der Waals surface area contributed by atoms with E-state index < -0.39 is 5.97 Å². The van der Waals surface area contributed by atoms with Crippen LogP contribution in [0.3, 0.4) is 0 Å². The maximum atomic E-state index is 10.7. The summed E-state index contributed by atoms with van der Waals surface area (Å²) in [5.41, 5.74) is 0.352. The molecule has 102 valence electrons. The standard InChI is InChI=1S/C13H22N2O3/c1-13(2,9-15(3)4)8-14-6-11-5-10(7-18-11)12(16)17/h5,7,14H,6,8-9H2,1-4H3,(H,16,17). The van der Waals surface area contributed by atoms with Gasteiger partial charge in [0, 0.05) is 13.1 Å². The van der Waals surface area contributed by atoms with E-state index >= 15 is 0 Å². The first-order valence-corrected chi connectivity index (χ1v) is 5.96. The van der Waals surface area contributed by atoms with Gasteiger partial charge in [0.2, 0.25) is 0 Å². The van der Waals surface area contributed by atoms with Crippen LogP contribution in [0.5, 0.6) is 0 Å². The molecule has 5 nitrogen and oxygen atoms in total. The Bertz CT molecular complexity index is 397. The molecule has 0 bridgehead atoms. The first-order valence-electron chi connectivity index (χ1n) is 5.96. The molecule has 0 spiro atoms. The summed E-state index contributed by atoms with van der Waals surface area (Å²) in [6, 6.07) is 1.55. The zero-order valence-corrected chi connectivity index (χ0v) is 11.5. The molecule has 0 radical (unpaired) electrons. The molecule has 0 saturated carbocycles. The Hall–Kier alpha value is -1.33. The monoisotopic (exact) mass is 254 g/mol. The van der Waals surface area contributed by atoms with Crippen LogP contribution in [-0.2, 0) is 6.54 Å². The summed E-state index contributed by atoms with van der Waals surface area (Å²) < 4.78 is 5.17. The average molecular weight is 254 g/mol. The Labute approximate surface area is 108 Å². The van der Waals surface area contributed by atoms with Crippen LogP contribution in [0, 0.1) is 5.41 Å². The van der Waals surface area contributed by atoms with Gasteiger partial charge in [-0.2, -0.15) is 0 Å². The summed E-state index contributed by atoms with van der Waals surface area (Å²) in [4.78, 5) is 12.8. The van der Waals surface area contributed by atoms with Crippen LogP contribution < -0.4 is 5.32 Å². The molecule has 0 aliphatic heterocycles. The maximum absolute atomic E-state index is 10.7. The van der Waals surface area contributed by atoms with Gasteiger partial charge in [0.05, 0.1) is 12.1 Å². The van der Waals surface area contributed by atoms with E-state index in [0.29, 0.717) is 12.3 Å². The van der Waals surface area contributed by atoms with Crippen molar-refractivity contribution in [2.24, 2.45) is 5.41 Å². The van der Waals surface area contributed by atoms with Crippen molar-refractivity contribution in [1.29, 1.82) is 0 Å². The number of furan rings is 1. The number of hydrogen-bond donors (Lipinski definition) is 2. The first-order chi connectivity index (χ1) is 8.30. The largest absolute Gasteiger partial charge is 0.478 e. The Morgan fingerprint density at radius 3 is 2.67 bits per heavy atom. The molecule has 0 fully saturated rings. The minimum absolute atomic E-state index is 0.158. The van der Waals surface area contributed by atoms with E-state index in [2.05, 4.69) is 24.1 Å². The molecule has 0 aliphatic rings. The van der Waals surface area contributed by atoms with Crippen LogP contribution in [0.2, 0.25) is 0 Å². The first kappa shape index (κ1) is 14.7. The molecule has 18 heavy (non-hydrogen) atoms. The summed E-state index contributed by atoms with van der Waals surface area (Å²) in [5.74, 6) is -0.314. The van der Waals surface area contributed by atoms with Crippen molar-refractivity contribution in [1.82, 2.24) is 10.2 Å². The van der Waals surface area contributed by atoms with Crippen molar-refractivity contribution in [2.75, 3.05) is 27.2 Å². The summed E-state index contributed by atoms with van der Waals surface area (Å²) in [6.45, 7) is 6.74. The number of carbonyl (C=O) groups is 1. The van der Waals surface area contributed by atoms with E-state index in [4.69, 9.17) is 9.52 Å². The molecule has 2 N–H and O–H groups in total. The van der Waals surface area contributed by atoms with Gasteiger partial charge in [-0.3, -0.25) is 0 Å². The summed E-state index contributed by atoms with van der Waals surface area (Å²) >= 11 is 0. The van der Waals surface area contributed by atoms with Crippen LogP contribution in [-0.4, -0.2) is 43.2 Å². The zero-order chi connectivity index (χ0) is 13.8. The molecule has 0 saturated heterocycles. The predicted molar refractivity (Wildman–Crippen MR) is 69.7 cm³/mol. The van der Waals surface area contributed by atoms with Crippen LogP contribution >= 0.6 is 0 Å². The van der Waals surface area contributed by atoms with Gasteiger partial charge < -0.3 is 19.7 Å². The molecular weight excluding hydrogens is 232 g/mol. The second-order valence-electron chi connectivity index (χ2n) is 5.61. The predicted octanol–water partition coefficient (Wildman–Crippen LogP) is 1.66. The Kier molecular flexibility index (Phi) is 4.93. The second kappa shape index (κ2) is 6.02. The van der Waals surface area contributed by atoms with E-state index in [1.54, 1.807) is 6.07 Å². The number of aromatic carboxylic acids is 1. The van der Waals surface area contributed by atoms with Crippen molar-refractivity contribution in [3.05, 3.63) is 23.7 Å². The highest BCUT2D eigenvalue weighted by atomic mass is 16.4. The van der Waals surface area contributed by atoms with E-state index in [0.717, 1.165) is 13.1 Å².